The molecule has 114 valence electrons. The Morgan fingerprint density at radius 3 is 2.18 bits per heavy atom. The molecule has 0 saturated carbocycles. The van der Waals surface area contributed by atoms with Crippen LogP contribution in [0.4, 0.5) is 4.79 Å². The van der Waals surface area contributed by atoms with Crippen LogP contribution < -0.4 is 10.6 Å². The molecule has 5 heteroatoms. The van der Waals surface area contributed by atoms with Gasteiger partial charge in [0.25, 0.3) is 0 Å². The van der Waals surface area contributed by atoms with E-state index in [1.807, 2.05) is 31.2 Å². The molecule has 2 aromatic rings. The van der Waals surface area contributed by atoms with Crippen LogP contribution in [-0.2, 0) is 13.1 Å². The molecule has 0 aliphatic carbocycles. The molecule has 0 atom stereocenters. The van der Waals surface area contributed by atoms with Crippen LogP contribution in [0.1, 0.15) is 27.0 Å². The molecule has 2 aromatic carbocycles. The summed E-state index contributed by atoms with van der Waals surface area (Å²) >= 11 is 0. The van der Waals surface area contributed by atoms with E-state index in [2.05, 4.69) is 10.6 Å². The van der Waals surface area contributed by atoms with Gasteiger partial charge in [0.15, 0.2) is 0 Å². The van der Waals surface area contributed by atoms with E-state index in [-0.39, 0.29) is 11.6 Å². The number of nitrogens with one attached hydrogen (secondary N) is 2. The van der Waals surface area contributed by atoms with E-state index in [1.54, 1.807) is 12.1 Å². The zero-order valence-electron chi connectivity index (χ0n) is 12.3. The molecule has 5 nitrogen and oxygen atoms in total. The Bertz CT molecular complexity index is 666. The first-order valence-electron chi connectivity index (χ1n) is 6.94. The van der Waals surface area contributed by atoms with Crippen LogP contribution in [-0.4, -0.2) is 17.1 Å². The van der Waals surface area contributed by atoms with Crippen LogP contribution in [0.25, 0.3) is 0 Å². The first kappa shape index (κ1) is 15.6. The van der Waals surface area contributed by atoms with Gasteiger partial charge in [-0.25, -0.2) is 9.59 Å². The van der Waals surface area contributed by atoms with Crippen LogP contribution >= 0.6 is 0 Å². The van der Waals surface area contributed by atoms with Gasteiger partial charge in [0.05, 0.1) is 5.56 Å². The highest BCUT2D eigenvalue weighted by Crippen LogP contribution is 2.05. The molecule has 2 amide bonds. The number of carbonyl (C=O) groups excluding carboxylic acids is 1. The second kappa shape index (κ2) is 7.26. The predicted molar refractivity (Wildman–Crippen MR) is 83.7 cm³/mol. The van der Waals surface area contributed by atoms with Gasteiger partial charge in [0, 0.05) is 13.1 Å². The Hall–Kier alpha value is -2.82. The molecule has 0 heterocycles. The van der Waals surface area contributed by atoms with Gasteiger partial charge in [0.1, 0.15) is 0 Å². The third-order valence-corrected chi connectivity index (χ3v) is 3.19. The summed E-state index contributed by atoms with van der Waals surface area (Å²) in [5.74, 6) is -0.963. The number of hydrogen-bond acceptors (Lipinski definition) is 2. The van der Waals surface area contributed by atoms with Crippen molar-refractivity contribution in [3.8, 4) is 0 Å². The third-order valence-electron chi connectivity index (χ3n) is 3.19. The number of carboxylic acid groups (broad SMARTS) is 1. The SMILES string of the molecule is Cc1cccc(CNC(=O)NCc2ccc(C(=O)O)cc2)c1. The highest BCUT2D eigenvalue weighted by Gasteiger charge is 2.03. The Morgan fingerprint density at radius 2 is 1.59 bits per heavy atom. The molecule has 3 N–H and O–H groups in total. The largest absolute Gasteiger partial charge is 0.478 e. The van der Waals surface area contributed by atoms with Crippen molar-refractivity contribution in [2.24, 2.45) is 0 Å². The Morgan fingerprint density at radius 1 is 0.955 bits per heavy atom. The number of hydrogen-bond donors (Lipinski definition) is 3. The van der Waals surface area contributed by atoms with E-state index in [4.69, 9.17) is 5.11 Å². The fourth-order valence-corrected chi connectivity index (χ4v) is 2.01. The molecular weight excluding hydrogens is 280 g/mol. The quantitative estimate of drug-likeness (QED) is 0.794. The van der Waals surface area contributed by atoms with E-state index in [0.717, 1.165) is 16.7 Å². The maximum atomic E-state index is 11.7. The minimum absolute atomic E-state index is 0.229. The number of benzene rings is 2. The van der Waals surface area contributed by atoms with Crippen molar-refractivity contribution >= 4 is 12.0 Å². The van der Waals surface area contributed by atoms with Gasteiger partial charge in [-0.15, -0.1) is 0 Å². The van der Waals surface area contributed by atoms with Gasteiger partial charge < -0.3 is 15.7 Å². The average molecular weight is 298 g/mol. The Kier molecular flexibility index (Phi) is 5.14. The van der Waals surface area contributed by atoms with Gasteiger partial charge in [-0.05, 0) is 30.2 Å². The minimum atomic E-state index is -0.963. The number of urea groups is 1. The fourth-order valence-electron chi connectivity index (χ4n) is 2.01. The van der Waals surface area contributed by atoms with Gasteiger partial charge in [0.2, 0.25) is 0 Å². The number of carboxylic acids is 1. The monoisotopic (exact) mass is 298 g/mol. The standard InChI is InChI=1S/C17H18N2O3/c1-12-3-2-4-14(9-12)11-19-17(22)18-10-13-5-7-15(8-6-13)16(20)21/h2-9H,10-11H2,1H3,(H,20,21)(H2,18,19,22). The lowest BCUT2D eigenvalue weighted by Gasteiger charge is -2.08. The van der Waals surface area contributed by atoms with E-state index in [0.29, 0.717) is 13.1 Å². The molecule has 0 saturated heterocycles. The van der Waals surface area contributed by atoms with Crippen molar-refractivity contribution in [2.45, 2.75) is 20.0 Å². The number of aromatic carboxylic acids is 1. The van der Waals surface area contributed by atoms with Gasteiger partial charge in [-0.2, -0.15) is 0 Å². The highest BCUT2D eigenvalue weighted by molar-refractivity contribution is 5.87. The molecule has 0 spiro atoms. The lowest BCUT2D eigenvalue weighted by molar-refractivity contribution is 0.0697. The van der Waals surface area contributed by atoms with Crippen molar-refractivity contribution in [1.29, 1.82) is 0 Å². The van der Waals surface area contributed by atoms with Crippen LogP contribution in [0.3, 0.4) is 0 Å². The lowest BCUT2D eigenvalue weighted by atomic mass is 10.1. The molecule has 0 unspecified atom stereocenters. The molecule has 0 radical (unpaired) electrons. The summed E-state index contributed by atoms with van der Waals surface area (Å²) < 4.78 is 0. The summed E-state index contributed by atoms with van der Waals surface area (Å²) in [5, 5.41) is 14.3. The normalized spacial score (nSPS) is 10.0. The number of amides is 2. The number of carbonyl (C=O) groups is 2. The van der Waals surface area contributed by atoms with Crippen molar-refractivity contribution in [2.75, 3.05) is 0 Å². The van der Waals surface area contributed by atoms with Gasteiger partial charge in [-0.3, -0.25) is 0 Å². The van der Waals surface area contributed by atoms with Crippen molar-refractivity contribution in [1.82, 2.24) is 10.6 Å². The van der Waals surface area contributed by atoms with Crippen LogP contribution in [0.5, 0.6) is 0 Å². The van der Waals surface area contributed by atoms with Crippen LogP contribution in [0.2, 0.25) is 0 Å². The van der Waals surface area contributed by atoms with Gasteiger partial charge >= 0.3 is 12.0 Å². The van der Waals surface area contributed by atoms with Crippen molar-refractivity contribution < 1.29 is 14.7 Å². The Balaban J connectivity index is 1.79. The van der Waals surface area contributed by atoms with Crippen LogP contribution in [0.15, 0.2) is 48.5 Å². The fraction of sp³-hybridized carbons (Fsp3) is 0.176. The van der Waals surface area contributed by atoms with Crippen LogP contribution in [0, 0.1) is 6.92 Å². The third kappa shape index (κ3) is 4.63. The van der Waals surface area contributed by atoms with E-state index in [1.165, 1.54) is 12.1 Å². The summed E-state index contributed by atoms with van der Waals surface area (Å²) in [6.45, 7) is 2.81. The summed E-state index contributed by atoms with van der Waals surface area (Å²) in [6.07, 6.45) is 0. The van der Waals surface area contributed by atoms with Gasteiger partial charge in [-0.1, -0.05) is 42.0 Å². The average Bonchev–Trinajstić information content (AvgIpc) is 2.51. The summed E-state index contributed by atoms with van der Waals surface area (Å²) in [7, 11) is 0. The molecule has 2 rings (SSSR count). The summed E-state index contributed by atoms with van der Waals surface area (Å²) in [4.78, 5) is 22.5. The molecule has 0 bridgehead atoms. The maximum absolute atomic E-state index is 11.7. The van der Waals surface area contributed by atoms with Crippen molar-refractivity contribution in [3.05, 3.63) is 70.8 Å². The maximum Gasteiger partial charge on any atom is 0.335 e. The van der Waals surface area contributed by atoms with E-state index < -0.39 is 5.97 Å². The summed E-state index contributed by atoms with van der Waals surface area (Å²) in [5.41, 5.74) is 3.27. The minimum Gasteiger partial charge on any atom is -0.478 e. The predicted octanol–water partition coefficient (Wildman–Crippen LogP) is 2.69. The Labute approximate surface area is 129 Å². The smallest absolute Gasteiger partial charge is 0.335 e. The zero-order chi connectivity index (χ0) is 15.9. The molecule has 0 aromatic heterocycles. The first-order valence-corrected chi connectivity index (χ1v) is 6.94. The molecule has 0 aliphatic heterocycles. The molecule has 0 aliphatic rings. The molecule has 22 heavy (non-hydrogen) atoms. The molecular formula is C17H18N2O3. The number of rotatable bonds is 5. The zero-order valence-corrected chi connectivity index (χ0v) is 12.3. The number of aryl methyl sites for hydroxylation is 1. The first-order chi connectivity index (χ1) is 10.5. The second-order valence-corrected chi connectivity index (χ2v) is 5.03. The topological polar surface area (TPSA) is 78.4 Å². The molecule has 0 fully saturated rings. The van der Waals surface area contributed by atoms with E-state index in [9.17, 15) is 9.59 Å². The summed E-state index contributed by atoms with van der Waals surface area (Å²) in [6, 6.07) is 14.1. The second-order valence-electron chi connectivity index (χ2n) is 5.03. The lowest BCUT2D eigenvalue weighted by Crippen LogP contribution is -2.34. The van der Waals surface area contributed by atoms with E-state index >= 15 is 0 Å². The highest BCUT2D eigenvalue weighted by atomic mass is 16.4. The van der Waals surface area contributed by atoms with Crippen molar-refractivity contribution in [3.63, 3.8) is 0 Å².